The predicted molar refractivity (Wildman–Crippen MR) is 92.2 cm³/mol. The smallest absolute Gasteiger partial charge is 0.257 e. The number of nitrogens with zero attached hydrogens (tertiary/aromatic N) is 1. The molecule has 6 nitrogen and oxygen atoms in total. The number of rotatable bonds is 6. The van der Waals surface area contributed by atoms with Gasteiger partial charge in [-0.15, -0.1) is 0 Å². The summed E-state index contributed by atoms with van der Waals surface area (Å²) in [5, 5.41) is 12.5. The zero-order chi connectivity index (χ0) is 17.7. The number of aromatic hydroxyl groups is 1. The third-order valence-corrected chi connectivity index (χ3v) is 3.35. The van der Waals surface area contributed by atoms with Gasteiger partial charge < -0.3 is 19.9 Å². The van der Waals surface area contributed by atoms with E-state index in [2.05, 4.69) is 10.3 Å². The molecule has 2 N–H and O–H groups in total. The molecular formula is C17H19ClN2O4. The third-order valence-electron chi connectivity index (χ3n) is 3.07. The molecule has 7 heteroatoms. The molecule has 0 aliphatic carbocycles. The van der Waals surface area contributed by atoms with Crippen LogP contribution >= 0.6 is 11.6 Å². The maximum atomic E-state index is 12.3. The Morgan fingerprint density at radius 2 is 2.17 bits per heavy atom. The Bertz CT molecular complexity index is 735. The number of hydrogen-bond acceptors (Lipinski definition) is 5. The summed E-state index contributed by atoms with van der Waals surface area (Å²) >= 11 is 6.23. The number of hydrogen-bond donors (Lipinski definition) is 2. The van der Waals surface area contributed by atoms with Gasteiger partial charge in [0.2, 0.25) is 0 Å². The van der Waals surface area contributed by atoms with E-state index >= 15 is 0 Å². The van der Waals surface area contributed by atoms with Gasteiger partial charge in [0.15, 0.2) is 23.1 Å². The third kappa shape index (κ3) is 4.29. The lowest BCUT2D eigenvalue weighted by atomic mass is 10.1. The summed E-state index contributed by atoms with van der Waals surface area (Å²) in [6, 6.07) is 6.00. The molecule has 0 bridgehead atoms. The number of halogens is 1. The molecule has 0 fully saturated rings. The van der Waals surface area contributed by atoms with E-state index in [1.165, 1.54) is 31.5 Å². The number of methoxy groups -OCH3 is 1. The average Bonchev–Trinajstić information content (AvgIpc) is 2.54. The summed E-state index contributed by atoms with van der Waals surface area (Å²) in [5.41, 5.74) is 0.263. The molecular weight excluding hydrogens is 332 g/mol. The summed E-state index contributed by atoms with van der Waals surface area (Å²) in [6.45, 7) is 4.51. The lowest BCUT2D eigenvalue weighted by Gasteiger charge is -2.15. The van der Waals surface area contributed by atoms with Crippen LogP contribution in [-0.4, -0.2) is 29.7 Å². The Labute approximate surface area is 145 Å². The maximum absolute atomic E-state index is 12.3. The van der Waals surface area contributed by atoms with Gasteiger partial charge in [-0.25, -0.2) is 4.98 Å². The molecule has 1 aromatic heterocycles. The number of carbonyl (C=O) groups excluding carboxylic acids is 1. The summed E-state index contributed by atoms with van der Waals surface area (Å²) < 4.78 is 10.9. The first-order chi connectivity index (χ1) is 11.4. The minimum Gasteiger partial charge on any atom is -0.504 e. The van der Waals surface area contributed by atoms with Crippen LogP contribution in [0.1, 0.15) is 24.2 Å². The fourth-order valence-corrected chi connectivity index (χ4v) is 2.18. The van der Waals surface area contributed by atoms with E-state index in [9.17, 15) is 9.90 Å². The molecule has 0 aliphatic heterocycles. The molecule has 0 unspecified atom stereocenters. The van der Waals surface area contributed by atoms with E-state index in [1.807, 2.05) is 13.8 Å². The summed E-state index contributed by atoms with van der Waals surface area (Å²) in [4.78, 5) is 16.3. The second-order valence-corrected chi connectivity index (χ2v) is 5.93. The van der Waals surface area contributed by atoms with Gasteiger partial charge in [0.05, 0.1) is 18.7 Å². The fraction of sp³-hybridized carbons (Fsp3) is 0.294. The quantitative estimate of drug-likeness (QED) is 0.829. The molecule has 2 rings (SSSR count). The Balaban J connectivity index is 2.26. The Morgan fingerprint density at radius 3 is 2.79 bits per heavy atom. The van der Waals surface area contributed by atoms with E-state index in [0.29, 0.717) is 24.0 Å². The van der Waals surface area contributed by atoms with E-state index in [-0.39, 0.29) is 22.2 Å². The Morgan fingerprint density at radius 1 is 1.42 bits per heavy atom. The molecule has 0 aliphatic rings. The zero-order valence-electron chi connectivity index (χ0n) is 13.7. The van der Waals surface area contributed by atoms with Crippen LogP contribution in [0.3, 0.4) is 0 Å². The van der Waals surface area contributed by atoms with Gasteiger partial charge in [-0.3, -0.25) is 4.79 Å². The molecule has 24 heavy (non-hydrogen) atoms. The van der Waals surface area contributed by atoms with E-state index in [0.717, 1.165) is 0 Å². The largest absolute Gasteiger partial charge is 0.504 e. The number of amides is 1. The van der Waals surface area contributed by atoms with Gasteiger partial charge in [-0.1, -0.05) is 25.4 Å². The first-order valence-electron chi connectivity index (χ1n) is 7.38. The standard InChI is InChI=1S/C17H19ClN2O4/c1-10(2)9-24-15-12(18)7-11(8-14(15)23-3)17(22)20-16-13(21)5-4-6-19-16/h4-8,10,21H,9H2,1-3H3,(H,19,20,22). The fourth-order valence-electron chi connectivity index (χ4n) is 1.91. The topological polar surface area (TPSA) is 80.7 Å². The maximum Gasteiger partial charge on any atom is 0.257 e. The van der Waals surface area contributed by atoms with E-state index < -0.39 is 5.91 Å². The van der Waals surface area contributed by atoms with Crippen molar-refractivity contribution < 1.29 is 19.4 Å². The number of anilines is 1. The normalized spacial score (nSPS) is 10.5. The van der Waals surface area contributed by atoms with E-state index in [1.54, 1.807) is 6.07 Å². The number of benzene rings is 1. The molecule has 0 spiro atoms. The molecule has 1 heterocycles. The van der Waals surface area contributed by atoms with Gasteiger partial charge in [0, 0.05) is 11.8 Å². The van der Waals surface area contributed by atoms with Crippen molar-refractivity contribution >= 4 is 23.3 Å². The van der Waals surface area contributed by atoms with Gasteiger partial charge in [-0.2, -0.15) is 0 Å². The number of ether oxygens (including phenoxy) is 2. The van der Waals surface area contributed by atoms with Crippen molar-refractivity contribution in [3.05, 3.63) is 41.0 Å². The molecule has 1 amide bonds. The minimum absolute atomic E-state index is 0.0673. The van der Waals surface area contributed by atoms with Crippen molar-refractivity contribution in [3.63, 3.8) is 0 Å². The second-order valence-electron chi connectivity index (χ2n) is 5.52. The van der Waals surface area contributed by atoms with Crippen LogP contribution in [0.15, 0.2) is 30.5 Å². The number of pyridine rings is 1. The number of aromatic nitrogens is 1. The molecule has 0 radical (unpaired) electrons. The van der Waals surface area contributed by atoms with Crippen molar-refractivity contribution in [2.75, 3.05) is 19.0 Å². The van der Waals surface area contributed by atoms with Crippen molar-refractivity contribution in [3.8, 4) is 17.2 Å². The average molecular weight is 351 g/mol. The van der Waals surface area contributed by atoms with Crippen molar-refractivity contribution in [1.82, 2.24) is 4.98 Å². The van der Waals surface area contributed by atoms with E-state index in [4.69, 9.17) is 21.1 Å². The lowest BCUT2D eigenvalue weighted by molar-refractivity contribution is 0.102. The monoisotopic (exact) mass is 350 g/mol. The first kappa shape index (κ1) is 17.9. The Hall–Kier alpha value is -2.47. The van der Waals surface area contributed by atoms with Crippen LogP contribution in [0.4, 0.5) is 5.82 Å². The van der Waals surface area contributed by atoms with Gasteiger partial charge in [-0.05, 0) is 30.2 Å². The highest BCUT2D eigenvalue weighted by molar-refractivity contribution is 6.32. The summed E-state index contributed by atoms with van der Waals surface area (Å²) in [5.74, 6) is 0.544. The van der Waals surface area contributed by atoms with Crippen molar-refractivity contribution in [1.29, 1.82) is 0 Å². The highest BCUT2D eigenvalue weighted by Gasteiger charge is 2.17. The Kier molecular flexibility index (Phi) is 5.87. The van der Waals surface area contributed by atoms with Crippen molar-refractivity contribution in [2.24, 2.45) is 5.92 Å². The van der Waals surface area contributed by atoms with Crippen LogP contribution in [0, 0.1) is 5.92 Å². The number of carbonyl (C=O) groups is 1. The predicted octanol–water partition coefficient (Wildman–Crippen LogP) is 3.74. The first-order valence-corrected chi connectivity index (χ1v) is 7.75. The number of nitrogens with one attached hydrogen (secondary N) is 1. The van der Waals surface area contributed by atoms with Crippen LogP contribution in [-0.2, 0) is 0 Å². The van der Waals surface area contributed by atoms with Gasteiger partial charge in [0.25, 0.3) is 5.91 Å². The van der Waals surface area contributed by atoms with Crippen molar-refractivity contribution in [2.45, 2.75) is 13.8 Å². The lowest BCUT2D eigenvalue weighted by Crippen LogP contribution is -2.14. The highest BCUT2D eigenvalue weighted by atomic mass is 35.5. The molecule has 128 valence electrons. The summed E-state index contributed by atoms with van der Waals surface area (Å²) in [7, 11) is 1.47. The zero-order valence-corrected chi connectivity index (χ0v) is 14.4. The van der Waals surface area contributed by atoms with Crippen LogP contribution in [0.25, 0.3) is 0 Å². The van der Waals surface area contributed by atoms with Gasteiger partial charge >= 0.3 is 0 Å². The summed E-state index contributed by atoms with van der Waals surface area (Å²) in [6.07, 6.45) is 1.46. The van der Waals surface area contributed by atoms with Crippen LogP contribution in [0.5, 0.6) is 17.2 Å². The molecule has 0 atom stereocenters. The minimum atomic E-state index is -0.473. The molecule has 0 saturated carbocycles. The van der Waals surface area contributed by atoms with Gasteiger partial charge in [0.1, 0.15) is 0 Å². The molecule has 0 saturated heterocycles. The van der Waals surface area contributed by atoms with Crippen LogP contribution in [0.2, 0.25) is 5.02 Å². The molecule has 1 aromatic carbocycles. The molecule has 2 aromatic rings. The highest BCUT2D eigenvalue weighted by Crippen LogP contribution is 2.37. The second kappa shape index (κ2) is 7.88. The SMILES string of the molecule is COc1cc(C(=O)Nc2ncccc2O)cc(Cl)c1OCC(C)C. The van der Waals surface area contributed by atoms with Crippen LogP contribution < -0.4 is 14.8 Å².